The zero-order chi connectivity index (χ0) is 10.1. The number of hydrogen-bond acceptors (Lipinski definition) is 3. The molecule has 0 aliphatic carbocycles. The first-order chi connectivity index (χ1) is 6.66. The van der Waals surface area contributed by atoms with Crippen LogP contribution in [0.5, 0.6) is 0 Å². The van der Waals surface area contributed by atoms with Crippen LogP contribution < -0.4 is 5.76 Å². The maximum Gasteiger partial charge on any atom is 0.439 e. The molecule has 0 unspecified atom stereocenters. The van der Waals surface area contributed by atoms with Crippen LogP contribution in [0.2, 0.25) is 0 Å². The predicted octanol–water partition coefficient (Wildman–Crippen LogP) is 1.93. The fraction of sp³-hybridized carbons (Fsp3) is 0. The van der Waals surface area contributed by atoms with Crippen LogP contribution in [-0.4, -0.2) is 10.1 Å². The second-order valence-corrected chi connectivity index (χ2v) is 3.43. The lowest BCUT2D eigenvalue weighted by Gasteiger charge is -1.96. The molecule has 0 aliphatic rings. The summed E-state index contributed by atoms with van der Waals surface area (Å²) >= 11 is 3.02. The van der Waals surface area contributed by atoms with Crippen molar-refractivity contribution >= 4 is 15.9 Å². The topological polar surface area (TPSA) is 58.9 Å². The van der Waals surface area contributed by atoms with Gasteiger partial charge in [0.1, 0.15) is 5.82 Å². The van der Waals surface area contributed by atoms with Crippen LogP contribution in [0, 0.1) is 5.82 Å². The zero-order valence-electron chi connectivity index (χ0n) is 6.75. The highest BCUT2D eigenvalue weighted by atomic mass is 79.9. The molecular formula is C8H4BrFN2O2. The highest BCUT2D eigenvalue weighted by molar-refractivity contribution is 9.10. The Kier molecular flexibility index (Phi) is 2.20. The third-order valence-corrected chi connectivity index (χ3v) is 2.24. The molecule has 0 saturated heterocycles. The third-order valence-electron chi connectivity index (χ3n) is 1.63. The summed E-state index contributed by atoms with van der Waals surface area (Å²) in [6.07, 6.45) is 0. The van der Waals surface area contributed by atoms with Gasteiger partial charge in [-0.1, -0.05) is 5.16 Å². The SMILES string of the molecule is O=c1[nH]c(-c2ccc(F)c(Br)c2)no1. The number of nitrogens with zero attached hydrogens (tertiary/aromatic N) is 1. The minimum absolute atomic E-state index is 0.274. The van der Waals surface area contributed by atoms with Gasteiger partial charge in [-0.2, -0.15) is 0 Å². The first kappa shape index (κ1) is 9.14. The van der Waals surface area contributed by atoms with Gasteiger partial charge in [-0.3, -0.25) is 9.51 Å². The molecule has 1 aromatic heterocycles. The van der Waals surface area contributed by atoms with Crippen LogP contribution in [-0.2, 0) is 0 Å². The number of H-pyrrole nitrogens is 1. The van der Waals surface area contributed by atoms with Gasteiger partial charge in [-0.25, -0.2) is 9.18 Å². The summed E-state index contributed by atoms with van der Waals surface area (Å²) in [6, 6.07) is 4.27. The molecule has 2 rings (SSSR count). The third kappa shape index (κ3) is 1.60. The molecule has 6 heteroatoms. The largest absolute Gasteiger partial charge is 0.439 e. The van der Waals surface area contributed by atoms with E-state index in [9.17, 15) is 9.18 Å². The van der Waals surface area contributed by atoms with Crippen molar-refractivity contribution < 1.29 is 8.91 Å². The molecule has 72 valence electrons. The highest BCUT2D eigenvalue weighted by Gasteiger charge is 2.06. The number of benzene rings is 1. The molecule has 0 atom stereocenters. The van der Waals surface area contributed by atoms with Crippen LogP contribution >= 0.6 is 15.9 Å². The van der Waals surface area contributed by atoms with Crippen molar-refractivity contribution in [3.05, 3.63) is 39.0 Å². The van der Waals surface area contributed by atoms with E-state index in [4.69, 9.17) is 0 Å². The average Bonchev–Trinajstić information content (AvgIpc) is 2.57. The Labute approximate surface area is 85.9 Å². The summed E-state index contributed by atoms with van der Waals surface area (Å²) in [4.78, 5) is 13.0. The Morgan fingerprint density at radius 1 is 1.50 bits per heavy atom. The van der Waals surface area contributed by atoms with Crippen LogP contribution in [0.3, 0.4) is 0 Å². The van der Waals surface area contributed by atoms with Crippen molar-refractivity contribution in [3.63, 3.8) is 0 Å². The quantitative estimate of drug-likeness (QED) is 0.851. The van der Waals surface area contributed by atoms with E-state index in [2.05, 4.69) is 30.6 Å². The Bertz CT molecular complexity index is 520. The molecule has 0 fully saturated rings. The van der Waals surface area contributed by atoms with Gasteiger partial charge in [0.2, 0.25) is 0 Å². The fourth-order valence-corrected chi connectivity index (χ4v) is 1.38. The number of aromatic nitrogens is 2. The average molecular weight is 259 g/mol. The van der Waals surface area contributed by atoms with Gasteiger partial charge >= 0.3 is 5.76 Å². The first-order valence-corrected chi connectivity index (χ1v) is 4.47. The van der Waals surface area contributed by atoms with Gasteiger partial charge < -0.3 is 0 Å². The van der Waals surface area contributed by atoms with E-state index in [1.165, 1.54) is 18.2 Å². The first-order valence-electron chi connectivity index (χ1n) is 3.68. The van der Waals surface area contributed by atoms with Gasteiger partial charge in [0.25, 0.3) is 0 Å². The monoisotopic (exact) mass is 258 g/mol. The number of hydrogen-bond donors (Lipinski definition) is 1. The second-order valence-electron chi connectivity index (χ2n) is 2.57. The van der Waals surface area contributed by atoms with Crippen LogP contribution in [0.1, 0.15) is 0 Å². The fourth-order valence-electron chi connectivity index (χ4n) is 0.998. The summed E-state index contributed by atoms with van der Waals surface area (Å²) in [5.74, 6) is -0.740. The van der Waals surface area contributed by atoms with E-state index in [1.54, 1.807) is 0 Å². The van der Waals surface area contributed by atoms with Gasteiger partial charge in [0.05, 0.1) is 4.47 Å². The Morgan fingerprint density at radius 2 is 2.29 bits per heavy atom. The molecule has 0 saturated carbocycles. The molecule has 1 N–H and O–H groups in total. The molecule has 0 radical (unpaired) electrons. The van der Waals surface area contributed by atoms with Gasteiger partial charge in [-0.15, -0.1) is 0 Å². The van der Waals surface area contributed by atoms with Crippen LogP contribution in [0.25, 0.3) is 11.4 Å². The second kappa shape index (κ2) is 3.38. The summed E-state index contributed by atoms with van der Waals surface area (Å²) < 4.78 is 17.5. The predicted molar refractivity (Wildman–Crippen MR) is 50.2 cm³/mol. The summed E-state index contributed by atoms with van der Waals surface area (Å²) in [5, 5.41) is 3.47. The van der Waals surface area contributed by atoms with Gasteiger partial charge in [0.15, 0.2) is 5.82 Å². The molecule has 0 amide bonds. The van der Waals surface area contributed by atoms with Gasteiger partial charge in [0, 0.05) is 5.56 Å². The van der Waals surface area contributed by atoms with Crippen LogP contribution in [0.15, 0.2) is 32.0 Å². The smallest absolute Gasteiger partial charge is 0.296 e. The van der Waals surface area contributed by atoms with Gasteiger partial charge in [-0.05, 0) is 34.1 Å². The number of nitrogens with one attached hydrogen (secondary N) is 1. The standard InChI is InChI=1S/C8H4BrFN2O2/c9-5-3-4(1-2-6(5)10)7-11-8(13)14-12-7/h1-3H,(H,11,12,13). The van der Waals surface area contributed by atoms with Crippen molar-refractivity contribution in [1.29, 1.82) is 0 Å². The number of aromatic amines is 1. The minimum atomic E-state index is -0.638. The summed E-state index contributed by atoms with van der Waals surface area (Å²) in [6.45, 7) is 0. The molecular weight excluding hydrogens is 255 g/mol. The van der Waals surface area contributed by atoms with E-state index in [-0.39, 0.29) is 11.6 Å². The lowest BCUT2D eigenvalue weighted by molar-refractivity contribution is 0.388. The lowest BCUT2D eigenvalue weighted by Crippen LogP contribution is -1.94. The molecule has 0 bridgehead atoms. The number of rotatable bonds is 1. The summed E-state index contributed by atoms with van der Waals surface area (Å²) in [7, 11) is 0. The van der Waals surface area contributed by atoms with Crippen molar-refractivity contribution in [2.24, 2.45) is 0 Å². The van der Waals surface area contributed by atoms with Crippen molar-refractivity contribution in [2.75, 3.05) is 0 Å². The summed E-state index contributed by atoms with van der Waals surface area (Å²) in [5.41, 5.74) is 0.573. The Morgan fingerprint density at radius 3 is 2.86 bits per heavy atom. The Hall–Kier alpha value is -1.43. The van der Waals surface area contributed by atoms with Crippen LogP contribution in [0.4, 0.5) is 4.39 Å². The van der Waals surface area contributed by atoms with E-state index >= 15 is 0 Å². The van der Waals surface area contributed by atoms with Crippen molar-refractivity contribution in [2.45, 2.75) is 0 Å². The Balaban J connectivity index is 2.52. The zero-order valence-corrected chi connectivity index (χ0v) is 8.34. The molecule has 4 nitrogen and oxygen atoms in total. The molecule has 0 aliphatic heterocycles. The molecule has 14 heavy (non-hydrogen) atoms. The molecule has 1 heterocycles. The number of halogens is 2. The lowest BCUT2D eigenvalue weighted by atomic mass is 10.2. The van der Waals surface area contributed by atoms with E-state index in [1.807, 2.05) is 0 Å². The van der Waals surface area contributed by atoms with Crippen molar-refractivity contribution in [3.8, 4) is 11.4 Å². The highest BCUT2D eigenvalue weighted by Crippen LogP contribution is 2.21. The van der Waals surface area contributed by atoms with E-state index < -0.39 is 5.76 Å². The van der Waals surface area contributed by atoms with Crippen molar-refractivity contribution in [1.82, 2.24) is 10.1 Å². The molecule has 1 aromatic carbocycles. The maximum absolute atomic E-state index is 12.9. The normalized spacial score (nSPS) is 10.4. The minimum Gasteiger partial charge on any atom is -0.296 e. The van der Waals surface area contributed by atoms with E-state index in [0.717, 1.165) is 0 Å². The van der Waals surface area contributed by atoms with E-state index in [0.29, 0.717) is 10.0 Å². The molecule has 0 spiro atoms. The maximum atomic E-state index is 12.9. The molecule has 2 aromatic rings.